The van der Waals surface area contributed by atoms with E-state index in [1.807, 2.05) is 26.8 Å². The molecule has 8 nitrogen and oxygen atoms in total. The highest BCUT2D eigenvalue weighted by atomic mass is 32.2. The summed E-state index contributed by atoms with van der Waals surface area (Å²) in [6, 6.07) is 8.35. The number of aliphatic imine (C=N–C) groups is 1. The summed E-state index contributed by atoms with van der Waals surface area (Å²) in [4.78, 5) is 31.4. The van der Waals surface area contributed by atoms with Crippen LogP contribution in [0.4, 0.5) is 0 Å². The van der Waals surface area contributed by atoms with Crippen LogP contribution in [-0.4, -0.2) is 75.6 Å². The standard InChI is InChI=1S/C31H51NO7SSi2/c1-29(2,3)38-27(34)25-32-22-24(39-42(12,13)31(7,8)9)23(37-26(33)20-17-15-14-16-18-20)21(36-28(22)40-25)19-35-41(10,11)30(4,5)6/h14-18,21-24,28H,19H2,1-13H3. The van der Waals surface area contributed by atoms with Gasteiger partial charge in [0.05, 0.1) is 12.2 Å². The van der Waals surface area contributed by atoms with Crippen molar-refractivity contribution in [2.45, 2.75) is 134 Å². The van der Waals surface area contributed by atoms with Gasteiger partial charge >= 0.3 is 11.9 Å². The number of nitrogens with zero attached hydrogens (tertiary/aromatic N) is 1. The van der Waals surface area contributed by atoms with E-state index in [0.717, 1.165) is 0 Å². The lowest BCUT2D eigenvalue weighted by atomic mass is 9.98. The summed E-state index contributed by atoms with van der Waals surface area (Å²) in [5, 5.41) is 0.0978. The van der Waals surface area contributed by atoms with Gasteiger partial charge in [-0.1, -0.05) is 71.5 Å². The molecule has 0 bridgehead atoms. The second kappa shape index (κ2) is 12.5. The number of fused-ring (bicyclic) bond motifs is 1. The van der Waals surface area contributed by atoms with Crippen LogP contribution < -0.4 is 0 Å². The van der Waals surface area contributed by atoms with Gasteiger partial charge in [0.25, 0.3) is 0 Å². The molecule has 0 aromatic heterocycles. The van der Waals surface area contributed by atoms with Gasteiger partial charge in [0.15, 0.2) is 27.8 Å². The van der Waals surface area contributed by atoms with Gasteiger partial charge in [-0.3, -0.25) is 4.99 Å². The summed E-state index contributed by atoms with van der Waals surface area (Å²) >= 11 is 1.24. The molecule has 1 aromatic rings. The second-order valence-corrected chi connectivity index (χ2v) is 25.9. The zero-order valence-electron chi connectivity index (χ0n) is 27.7. The summed E-state index contributed by atoms with van der Waals surface area (Å²) in [5.41, 5.74) is -0.741. The molecule has 0 N–H and O–H groups in total. The topological polar surface area (TPSA) is 92.7 Å². The molecule has 0 aliphatic carbocycles. The maximum absolute atomic E-state index is 13.5. The average Bonchev–Trinajstić information content (AvgIpc) is 3.26. The maximum Gasteiger partial charge on any atom is 0.363 e. The van der Waals surface area contributed by atoms with E-state index in [9.17, 15) is 9.59 Å². The number of benzene rings is 1. The summed E-state index contributed by atoms with van der Waals surface area (Å²) in [7, 11) is -4.58. The first-order valence-electron chi connectivity index (χ1n) is 14.7. The average molecular weight is 638 g/mol. The third-order valence-corrected chi connectivity index (χ3v) is 18.7. The van der Waals surface area contributed by atoms with Crippen LogP contribution in [0.25, 0.3) is 0 Å². The number of hydrogen-bond acceptors (Lipinski definition) is 9. The van der Waals surface area contributed by atoms with Crippen LogP contribution in [0.1, 0.15) is 72.7 Å². The number of ether oxygens (including phenoxy) is 3. The monoisotopic (exact) mass is 637 g/mol. The van der Waals surface area contributed by atoms with Crippen molar-refractivity contribution >= 4 is 45.4 Å². The molecule has 2 heterocycles. The van der Waals surface area contributed by atoms with Crippen LogP contribution in [0.5, 0.6) is 0 Å². The fourth-order valence-corrected chi connectivity index (χ4v) is 7.44. The van der Waals surface area contributed by atoms with Gasteiger partial charge in [-0.15, -0.1) is 0 Å². The van der Waals surface area contributed by atoms with Crippen LogP contribution >= 0.6 is 11.8 Å². The minimum atomic E-state index is -2.40. The number of carbonyl (C=O) groups excluding carboxylic acids is 2. The summed E-state index contributed by atoms with van der Waals surface area (Å²) in [6.07, 6.45) is -2.07. The Kier molecular flexibility index (Phi) is 10.4. The smallest absolute Gasteiger partial charge is 0.363 e. The van der Waals surface area contributed by atoms with Crippen molar-refractivity contribution in [3.63, 3.8) is 0 Å². The molecule has 3 rings (SSSR count). The molecule has 42 heavy (non-hydrogen) atoms. The minimum absolute atomic E-state index is 0.0213. The van der Waals surface area contributed by atoms with E-state index >= 15 is 0 Å². The Bertz CT molecular complexity index is 1150. The Morgan fingerprint density at radius 1 is 0.857 bits per heavy atom. The molecule has 0 saturated carbocycles. The Hall–Kier alpha value is -1.51. The quantitative estimate of drug-likeness (QED) is 0.218. The molecular formula is C31H51NO7SSi2. The number of rotatable bonds is 8. The van der Waals surface area contributed by atoms with E-state index in [2.05, 4.69) is 67.7 Å². The molecule has 0 spiro atoms. The molecule has 2 aliphatic heterocycles. The molecular weight excluding hydrogens is 587 g/mol. The highest BCUT2D eigenvalue weighted by molar-refractivity contribution is 8.16. The van der Waals surface area contributed by atoms with Gasteiger partial charge in [-0.2, -0.15) is 0 Å². The van der Waals surface area contributed by atoms with Gasteiger partial charge in [0.1, 0.15) is 29.3 Å². The van der Waals surface area contributed by atoms with E-state index < -0.39 is 64.0 Å². The van der Waals surface area contributed by atoms with Crippen molar-refractivity contribution in [1.82, 2.24) is 0 Å². The van der Waals surface area contributed by atoms with Gasteiger partial charge in [-0.05, 0) is 69.2 Å². The third-order valence-electron chi connectivity index (χ3n) is 8.59. The summed E-state index contributed by atoms with van der Waals surface area (Å²) < 4.78 is 32.2. The molecule has 1 fully saturated rings. The van der Waals surface area contributed by atoms with Gasteiger partial charge in [0.2, 0.25) is 0 Å². The Morgan fingerprint density at radius 3 is 1.95 bits per heavy atom. The SMILES string of the molecule is CC(C)(C)OC(=O)C1=NC2C(OC(CO[Si](C)(C)C(C)(C)C)C(OC(=O)c3ccccc3)C2O[Si](C)(C)C(C)(C)C)S1. The zero-order chi connectivity index (χ0) is 31.9. The van der Waals surface area contributed by atoms with Crippen LogP contribution in [0.15, 0.2) is 35.3 Å². The zero-order valence-corrected chi connectivity index (χ0v) is 30.5. The van der Waals surface area contributed by atoms with E-state index in [-0.39, 0.29) is 21.7 Å². The molecule has 1 saturated heterocycles. The summed E-state index contributed by atoms with van der Waals surface area (Å²) in [5.74, 6) is -0.964. The first-order valence-corrected chi connectivity index (χ1v) is 21.4. The Labute approximate surface area is 258 Å². The highest BCUT2D eigenvalue weighted by Crippen LogP contribution is 2.45. The maximum atomic E-state index is 13.5. The molecule has 236 valence electrons. The predicted molar refractivity (Wildman–Crippen MR) is 174 cm³/mol. The molecule has 1 aromatic carbocycles. The lowest BCUT2D eigenvalue weighted by Crippen LogP contribution is -2.62. The van der Waals surface area contributed by atoms with Crippen molar-refractivity contribution in [2.75, 3.05) is 6.61 Å². The van der Waals surface area contributed by atoms with Crippen LogP contribution in [0, 0.1) is 0 Å². The van der Waals surface area contributed by atoms with Crippen LogP contribution in [-0.2, 0) is 27.9 Å². The highest BCUT2D eigenvalue weighted by Gasteiger charge is 2.56. The van der Waals surface area contributed by atoms with E-state index in [1.165, 1.54) is 11.8 Å². The van der Waals surface area contributed by atoms with Crippen molar-refractivity contribution < 1.29 is 32.7 Å². The van der Waals surface area contributed by atoms with Crippen LogP contribution in [0.2, 0.25) is 36.3 Å². The lowest BCUT2D eigenvalue weighted by Gasteiger charge is -2.48. The third kappa shape index (κ3) is 8.35. The number of hydrogen-bond donors (Lipinski definition) is 0. The van der Waals surface area contributed by atoms with Crippen molar-refractivity contribution in [2.24, 2.45) is 4.99 Å². The van der Waals surface area contributed by atoms with Crippen molar-refractivity contribution in [3.8, 4) is 0 Å². The fraction of sp³-hybridized carbons (Fsp3) is 0.710. The molecule has 5 unspecified atom stereocenters. The Balaban J connectivity index is 2.06. The normalized spacial score (nSPS) is 25.5. The molecule has 2 aliphatic rings. The number of esters is 2. The molecule has 5 atom stereocenters. The first-order chi connectivity index (χ1) is 19.0. The lowest BCUT2D eigenvalue weighted by molar-refractivity contribution is -0.161. The van der Waals surface area contributed by atoms with E-state index in [4.69, 9.17) is 28.1 Å². The summed E-state index contributed by atoms with van der Waals surface area (Å²) in [6.45, 7) is 27.4. The number of thioether (sulfide) groups is 1. The fourth-order valence-electron chi connectivity index (χ4n) is 4.02. The van der Waals surface area contributed by atoms with Gasteiger partial charge in [-0.25, -0.2) is 9.59 Å². The Morgan fingerprint density at radius 2 is 1.43 bits per heavy atom. The second-order valence-electron chi connectivity index (χ2n) is 15.2. The van der Waals surface area contributed by atoms with Gasteiger partial charge in [0, 0.05) is 0 Å². The molecule has 11 heteroatoms. The van der Waals surface area contributed by atoms with Gasteiger partial charge < -0.3 is 23.1 Å². The number of carbonyl (C=O) groups is 2. The first kappa shape index (κ1) is 35.0. The van der Waals surface area contributed by atoms with Crippen LogP contribution in [0.3, 0.4) is 0 Å². The largest absolute Gasteiger partial charge is 0.455 e. The minimum Gasteiger partial charge on any atom is -0.455 e. The predicted octanol–water partition coefficient (Wildman–Crippen LogP) is 7.20. The molecule has 0 amide bonds. The van der Waals surface area contributed by atoms with E-state index in [0.29, 0.717) is 5.56 Å². The van der Waals surface area contributed by atoms with Crippen molar-refractivity contribution in [3.05, 3.63) is 35.9 Å². The molecule has 0 radical (unpaired) electrons. The van der Waals surface area contributed by atoms with Crippen molar-refractivity contribution in [1.29, 1.82) is 0 Å². The van der Waals surface area contributed by atoms with E-state index in [1.54, 1.807) is 24.3 Å².